The van der Waals surface area contributed by atoms with Gasteiger partial charge in [0.25, 0.3) is 0 Å². The highest BCUT2D eigenvalue weighted by Gasteiger charge is 2.28. The van der Waals surface area contributed by atoms with E-state index in [-0.39, 0.29) is 11.9 Å². The molecule has 1 aromatic carbocycles. The Balaban J connectivity index is 2.04. The Hall–Kier alpha value is -1.07. The summed E-state index contributed by atoms with van der Waals surface area (Å²) in [5, 5.41) is 8.57. The lowest BCUT2D eigenvalue weighted by Crippen LogP contribution is -2.25. The predicted molar refractivity (Wildman–Crippen MR) is 72.0 cm³/mol. The first-order valence-electron chi connectivity index (χ1n) is 6.33. The maximum atomic E-state index is 12.1. The van der Waals surface area contributed by atoms with E-state index in [0.29, 0.717) is 12.1 Å². The molecule has 4 nitrogen and oxygen atoms in total. The van der Waals surface area contributed by atoms with Crippen LogP contribution in [0, 0.1) is 0 Å². The van der Waals surface area contributed by atoms with Crippen molar-refractivity contribution >= 4 is 15.7 Å². The first-order chi connectivity index (χ1) is 8.62. The van der Waals surface area contributed by atoms with E-state index >= 15 is 0 Å². The Morgan fingerprint density at radius 2 is 1.78 bits per heavy atom. The molecular weight excluding hydrogens is 250 g/mol. The predicted octanol–water partition coefficient (Wildman–Crippen LogP) is 1.91. The van der Waals surface area contributed by atoms with E-state index in [1.807, 2.05) is 12.1 Å². The zero-order chi connectivity index (χ0) is 13.0. The quantitative estimate of drug-likeness (QED) is 0.858. The van der Waals surface area contributed by atoms with Crippen molar-refractivity contribution in [2.45, 2.75) is 37.4 Å². The Labute approximate surface area is 108 Å². The minimum absolute atomic E-state index is 0.104. The number of aliphatic hydroxyl groups excluding tert-OH is 1. The van der Waals surface area contributed by atoms with Crippen LogP contribution in [0.3, 0.4) is 0 Å². The lowest BCUT2D eigenvalue weighted by Gasteiger charge is -2.13. The highest BCUT2D eigenvalue weighted by atomic mass is 32.2. The summed E-state index contributed by atoms with van der Waals surface area (Å²) < 4.78 is 26.8. The van der Waals surface area contributed by atoms with Crippen LogP contribution in [0.4, 0.5) is 5.69 Å². The second kappa shape index (κ2) is 5.71. The Bertz CT molecular complexity index is 475. The molecule has 5 heteroatoms. The molecule has 0 saturated heterocycles. The molecule has 2 rings (SSSR count). The standard InChI is InChI=1S/C13H19NO3S/c15-10-9-11-5-7-12(8-6-11)14-18(16,17)13-3-1-2-4-13/h5-8,13-15H,1-4,9-10H2. The third-order valence-corrected chi connectivity index (χ3v) is 5.22. The number of sulfonamides is 1. The summed E-state index contributed by atoms with van der Waals surface area (Å²) in [6, 6.07) is 7.17. The van der Waals surface area contributed by atoms with Gasteiger partial charge < -0.3 is 5.11 Å². The zero-order valence-corrected chi connectivity index (χ0v) is 11.1. The molecule has 1 aliphatic rings. The zero-order valence-electron chi connectivity index (χ0n) is 10.3. The number of benzene rings is 1. The van der Waals surface area contributed by atoms with Crippen LogP contribution in [-0.2, 0) is 16.4 Å². The molecule has 1 saturated carbocycles. The third kappa shape index (κ3) is 3.23. The summed E-state index contributed by atoms with van der Waals surface area (Å²) in [7, 11) is -3.24. The van der Waals surface area contributed by atoms with Crippen LogP contribution in [0.2, 0.25) is 0 Å². The van der Waals surface area contributed by atoms with Crippen molar-refractivity contribution in [1.82, 2.24) is 0 Å². The van der Waals surface area contributed by atoms with Gasteiger partial charge in [0, 0.05) is 12.3 Å². The summed E-state index contributed by atoms with van der Waals surface area (Å²) >= 11 is 0. The molecule has 0 unspecified atom stereocenters. The van der Waals surface area contributed by atoms with Crippen LogP contribution in [0.25, 0.3) is 0 Å². The van der Waals surface area contributed by atoms with Crippen LogP contribution in [0.1, 0.15) is 31.2 Å². The van der Waals surface area contributed by atoms with Crippen molar-refractivity contribution in [3.05, 3.63) is 29.8 Å². The number of anilines is 1. The first kappa shape index (κ1) is 13.4. The number of hydrogen-bond acceptors (Lipinski definition) is 3. The molecule has 0 aliphatic heterocycles. The van der Waals surface area contributed by atoms with E-state index in [0.717, 1.165) is 31.2 Å². The maximum Gasteiger partial charge on any atom is 0.235 e. The first-order valence-corrected chi connectivity index (χ1v) is 7.88. The Morgan fingerprint density at radius 1 is 1.17 bits per heavy atom. The lowest BCUT2D eigenvalue weighted by atomic mass is 10.1. The highest BCUT2D eigenvalue weighted by molar-refractivity contribution is 7.93. The van der Waals surface area contributed by atoms with E-state index in [1.165, 1.54) is 0 Å². The molecule has 0 heterocycles. The second-order valence-electron chi connectivity index (χ2n) is 4.72. The van der Waals surface area contributed by atoms with Gasteiger partial charge >= 0.3 is 0 Å². The average molecular weight is 269 g/mol. The topological polar surface area (TPSA) is 66.4 Å². The maximum absolute atomic E-state index is 12.1. The van der Waals surface area contributed by atoms with Crippen molar-refractivity contribution in [3.8, 4) is 0 Å². The third-order valence-electron chi connectivity index (χ3n) is 3.36. The smallest absolute Gasteiger partial charge is 0.235 e. The molecule has 0 aromatic heterocycles. The highest BCUT2D eigenvalue weighted by Crippen LogP contribution is 2.26. The molecule has 1 fully saturated rings. The fraction of sp³-hybridized carbons (Fsp3) is 0.538. The molecule has 0 bridgehead atoms. The minimum atomic E-state index is -3.24. The van der Waals surface area contributed by atoms with E-state index in [4.69, 9.17) is 5.11 Å². The number of hydrogen-bond donors (Lipinski definition) is 2. The van der Waals surface area contributed by atoms with Crippen molar-refractivity contribution in [3.63, 3.8) is 0 Å². The molecule has 0 atom stereocenters. The van der Waals surface area contributed by atoms with E-state index < -0.39 is 10.0 Å². The van der Waals surface area contributed by atoms with Crippen molar-refractivity contribution < 1.29 is 13.5 Å². The van der Waals surface area contributed by atoms with E-state index in [9.17, 15) is 8.42 Å². The number of aliphatic hydroxyl groups is 1. The van der Waals surface area contributed by atoms with Gasteiger partial charge in [-0.3, -0.25) is 4.72 Å². The normalized spacial score (nSPS) is 16.9. The lowest BCUT2D eigenvalue weighted by molar-refractivity contribution is 0.299. The molecule has 0 spiro atoms. The van der Waals surface area contributed by atoms with Crippen molar-refractivity contribution in [1.29, 1.82) is 0 Å². The fourth-order valence-electron chi connectivity index (χ4n) is 2.31. The van der Waals surface area contributed by atoms with Crippen LogP contribution in [0.15, 0.2) is 24.3 Å². The largest absolute Gasteiger partial charge is 0.396 e. The van der Waals surface area contributed by atoms with Gasteiger partial charge in [-0.05, 0) is 37.0 Å². The van der Waals surface area contributed by atoms with Gasteiger partial charge in [-0.25, -0.2) is 8.42 Å². The molecule has 18 heavy (non-hydrogen) atoms. The summed E-state index contributed by atoms with van der Waals surface area (Å²) in [5.74, 6) is 0. The summed E-state index contributed by atoms with van der Waals surface area (Å²) in [4.78, 5) is 0. The van der Waals surface area contributed by atoms with Crippen LogP contribution in [0.5, 0.6) is 0 Å². The molecule has 0 amide bonds. The molecule has 1 aromatic rings. The van der Waals surface area contributed by atoms with Gasteiger partial charge in [0.2, 0.25) is 10.0 Å². The fourth-order valence-corrected chi connectivity index (χ4v) is 3.90. The number of rotatable bonds is 5. The minimum Gasteiger partial charge on any atom is -0.396 e. The van der Waals surface area contributed by atoms with Gasteiger partial charge in [-0.1, -0.05) is 25.0 Å². The molecule has 100 valence electrons. The molecule has 2 N–H and O–H groups in total. The van der Waals surface area contributed by atoms with Crippen molar-refractivity contribution in [2.24, 2.45) is 0 Å². The van der Waals surface area contributed by atoms with Gasteiger partial charge in [0.1, 0.15) is 0 Å². The van der Waals surface area contributed by atoms with Gasteiger partial charge in [0.05, 0.1) is 5.25 Å². The Kier molecular flexibility index (Phi) is 4.24. The summed E-state index contributed by atoms with van der Waals surface area (Å²) in [6.45, 7) is 0.104. The van der Waals surface area contributed by atoms with Gasteiger partial charge in [-0.2, -0.15) is 0 Å². The SMILES string of the molecule is O=S(=O)(Nc1ccc(CCO)cc1)C1CCCC1. The van der Waals surface area contributed by atoms with E-state index in [1.54, 1.807) is 12.1 Å². The summed E-state index contributed by atoms with van der Waals surface area (Å²) in [6.07, 6.45) is 4.12. The van der Waals surface area contributed by atoms with E-state index in [2.05, 4.69) is 4.72 Å². The molecule has 0 radical (unpaired) electrons. The number of nitrogens with one attached hydrogen (secondary N) is 1. The summed E-state index contributed by atoms with van der Waals surface area (Å²) in [5.41, 5.74) is 1.60. The Morgan fingerprint density at radius 3 is 2.33 bits per heavy atom. The second-order valence-corrected chi connectivity index (χ2v) is 6.68. The molecular formula is C13H19NO3S. The monoisotopic (exact) mass is 269 g/mol. The molecule has 1 aliphatic carbocycles. The van der Waals surface area contributed by atoms with Crippen LogP contribution >= 0.6 is 0 Å². The van der Waals surface area contributed by atoms with Gasteiger partial charge in [0.15, 0.2) is 0 Å². The van der Waals surface area contributed by atoms with Gasteiger partial charge in [-0.15, -0.1) is 0 Å². The van der Waals surface area contributed by atoms with Crippen molar-refractivity contribution in [2.75, 3.05) is 11.3 Å². The van der Waals surface area contributed by atoms with Crippen LogP contribution in [-0.4, -0.2) is 25.4 Å². The van der Waals surface area contributed by atoms with Crippen LogP contribution < -0.4 is 4.72 Å². The average Bonchev–Trinajstić information content (AvgIpc) is 2.86.